The summed E-state index contributed by atoms with van der Waals surface area (Å²) < 4.78 is 0. The number of rotatable bonds is 8. The molecule has 2 rings (SSSR count). The molecule has 0 spiro atoms. The SMILES string of the molecule is CC(C)N(Cc1cccc(Cl)c1)C(=O)CCCNC(=O)C1CC1. The van der Waals surface area contributed by atoms with Gasteiger partial charge in [-0.25, -0.2) is 0 Å². The first-order chi connectivity index (χ1) is 11.0. The van der Waals surface area contributed by atoms with Crippen molar-refractivity contribution in [3.05, 3.63) is 34.9 Å². The van der Waals surface area contributed by atoms with Crippen LogP contribution in [0.25, 0.3) is 0 Å². The molecule has 0 aliphatic heterocycles. The highest BCUT2D eigenvalue weighted by atomic mass is 35.5. The highest BCUT2D eigenvalue weighted by Crippen LogP contribution is 2.28. The van der Waals surface area contributed by atoms with E-state index in [-0.39, 0.29) is 23.8 Å². The van der Waals surface area contributed by atoms with E-state index < -0.39 is 0 Å². The van der Waals surface area contributed by atoms with Crippen LogP contribution in [-0.4, -0.2) is 29.3 Å². The highest BCUT2D eigenvalue weighted by Gasteiger charge is 2.29. The van der Waals surface area contributed by atoms with Gasteiger partial charge in [-0.05, 0) is 50.8 Å². The van der Waals surface area contributed by atoms with Crippen molar-refractivity contribution in [3.63, 3.8) is 0 Å². The van der Waals surface area contributed by atoms with E-state index in [0.29, 0.717) is 31.0 Å². The van der Waals surface area contributed by atoms with Crippen molar-refractivity contribution in [2.45, 2.75) is 52.1 Å². The van der Waals surface area contributed by atoms with Gasteiger partial charge in [-0.1, -0.05) is 23.7 Å². The van der Waals surface area contributed by atoms with Gasteiger partial charge in [0.15, 0.2) is 0 Å². The summed E-state index contributed by atoms with van der Waals surface area (Å²) >= 11 is 6.01. The van der Waals surface area contributed by atoms with Crippen LogP contribution in [0.3, 0.4) is 0 Å². The largest absolute Gasteiger partial charge is 0.356 e. The molecule has 1 aliphatic rings. The second-order valence-corrected chi connectivity index (χ2v) is 6.85. The Balaban J connectivity index is 1.79. The van der Waals surface area contributed by atoms with Gasteiger partial charge in [-0.15, -0.1) is 0 Å². The maximum atomic E-state index is 12.4. The molecule has 1 fully saturated rings. The van der Waals surface area contributed by atoms with E-state index in [0.717, 1.165) is 18.4 Å². The summed E-state index contributed by atoms with van der Waals surface area (Å²) in [6.07, 6.45) is 3.14. The van der Waals surface area contributed by atoms with Crippen molar-refractivity contribution < 1.29 is 9.59 Å². The van der Waals surface area contributed by atoms with E-state index in [1.807, 2.05) is 43.0 Å². The maximum Gasteiger partial charge on any atom is 0.223 e. The van der Waals surface area contributed by atoms with Crippen molar-refractivity contribution in [2.75, 3.05) is 6.54 Å². The zero-order valence-electron chi connectivity index (χ0n) is 13.8. The monoisotopic (exact) mass is 336 g/mol. The van der Waals surface area contributed by atoms with Gasteiger partial charge in [0.05, 0.1) is 0 Å². The number of benzene rings is 1. The topological polar surface area (TPSA) is 49.4 Å². The molecule has 1 N–H and O–H groups in total. The third-order valence-electron chi connectivity index (χ3n) is 4.00. The van der Waals surface area contributed by atoms with E-state index in [2.05, 4.69) is 5.32 Å². The average Bonchev–Trinajstić information content (AvgIpc) is 3.33. The molecule has 1 aliphatic carbocycles. The Morgan fingerprint density at radius 3 is 2.70 bits per heavy atom. The summed E-state index contributed by atoms with van der Waals surface area (Å²) in [6.45, 7) is 5.16. The quantitative estimate of drug-likeness (QED) is 0.740. The lowest BCUT2D eigenvalue weighted by Gasteiger charge is -2.27. The number of hydrogen-bond acceptors (Lipinski definition) is 2. The number of carbonyl (C=O) groups excluding carboxylic acids is 2. The fraction of sp³-hybridized carbons (Fsp3) is 0.556. The summed E-state index contributed by atoms with van der Waals surface area (Å²) in [5.74, 6) is 0.471. The van der Waals surface area contributed by atoms with Gasteiger partial charge in [-0.2, -0.15) is 0 Å². The molecule has 2 amide bonds. The molecule has 23 heavy (non-hydrogen) atoms. The Bertz CT molecular complexity index is 556. The number of amides is 2. The number of hydrogen-bond donors (Lipinski definition) is 1. The van der Waals surface area contributed by atoms with Gasteiger partial charge < -0.3 is 10.2 Å². The maximum absolute atomic E-state index is 12.4. The van der Waals surface area contributed by atoms with Crippen LogP contribution < -0.4 is 5.32 Å². The van der Waals surface area contributed by atoms with Crippen LogP contribution in [0.4, 0.5) is 0 Å². The number of carbonyl (C=O) groups is 2. The predicted octanol–water partition coefficient (Wildman–Crippen LogP) is 3.38. The van der Waals surface area contributed by atoms with E-state index >= 15 is 0 Å². The van der Waals surface area contributed by atoms with Crippen LogP contribution in [0.2, 0.25) is 5.02 Å². The van der Waals surface area contributed by atoms with Crippen LogP contribution >= 0.6 is 11.6 Å². The third-order valence-corrected chi connectivity index (χ3v) is 4.24. The van der Waals surface area contributed by atoms with E-state index in [1.165, 1.54) is 0 Å². The third kappa shape index (κ3) is 5.87. The van der Waals surface area contributed by atoms with Crippen LogP contribution in [0.1, 0.15) is 45.1 Å². The van der Waals surface area contributed by atoms with E-state index in [4.69, 9.17) is 11.6 Å². The van der Waals surface area contributed by atoms with Gasteiger partial charge in [0.1, 0.15) is 0 Å². The van der Waals surface area contributed by atoms with Crippen LogP contribution in [0.15, 0.2) is 24.3 Å². The van der Waals surface area contributed by atoms with Gasteiger partial charge in [-0.3, -0.25) is 9.59 Å². The lowest BCUT2D eigenvalue weighted by molar-refractivity contribution is -0.133. The highest BCUT2D eigenvalue weighted by molar-refractivity contribution is 6.30. The Morgan fingerprint density at radius 1 is 1.35 bits per heavy atom. The summed E-state index contributed by atoms with van der Waals surface area (Å²) in [5, 5.41) is 3.58. The van der Waals surface area contributed by atoms with Crippen molar-refractivity contribution >= 4 is 23.4 Å². The van der Waals surface area contributed by atoms with Crippen molar-refractivity contribution in [1.82, 2.24) is 10.2 Å². The van der Waals surface area contributed by atoms with E-state index in [1.54, 1.807) is 0 Å². The van der Waals surface area contributed by atoms with E-state index in [9.17, 15) is 9.59 Å². The molecular formula is C18H25ClN2O2. The van der Waals surface area contributed by atoms with Crippen LogP contribution in [-0.2, 0) is 16.1 Å². The summed E-state index contributed by atoms with van der Waals surface area (Å²) in [4.78, 5) is 25.8. The predicted molar refractivity (Wildman–Crippen MR) is 92.1 cm³/mol. The molecule has 126 valence electrons. The first kappa shape index (κ1) is 17.8. The molecule has 0 bridgehead atoms. The first-order valence-electron chi connectivity index (χ1n) is 8.29. The smallest absolute Gasteiger partial charge is 0.223 e. The molecular weight excluding hydrogens is 312 g/mol. The fourth-order valence-corrected chi connectivity index (χ4v) is 2.69. The second kappa shape index (κ2) is 8.34. The van der Waals surface area contributed by atoms with Crippen LogP contribution in [0.5, 0.6) is 0 Å². The average molecular weight is 337 g/mol. The summed E-state index contributed by atoms with van der Waals surface area (Å²) in [6, 6.07) is 7.72. The molecule has 1 aromatic rings. The van der Waals surface area contributed by atoms with Gasteiger partial charge in [0.25, 0.3) is 0 Å². The minimum absolute atomic E-state index is 0.112. The summed E-state index contributed by atoms with van der Waals surface area (Å²) in [7, 11) is 0. The molecule has 4 nitrogen and oxygen atoms in total. The standard InChI is InChI=1S/C18H25ClN2O2/c1-13(2)21(12-14-5-3-6-16(19)11-14)17(22)7-4-10-20-18(23)15-8-9-15/h3,5-6,11,13,15H,4,7-10,12H2,1-2H3,(H,20,23). The second-order valence-electron chi connectivity index (χ2n) is 6.41. The molecule has 0 radical (unpaired) electrons. The van der Waals surface area contributed by atoms with Crippen LogP contribution in [0, 0.1) is 5.92 Å². The van der Waals surface area contributed by atoms with Gasteiger partial charge in [0.2, 0.25) is 11.8 Å². The molecule has 0 aromatic heterocycles. The Morgan fingerprint density at radius 2 is 2.09 bits per heavy atom. The normalized spacial score (nSPS) is 13.9. The lowest BCUT2D eigenvalue weighted by Crippen LogP contribution is -2.37. The number of nitrogens with one attached hydrogen (secondary N) is 1. The number of nitrogens with zero attached hydrogens (tertiary/aromatic N) is 1. The fourth-order valence-electron chi connectivity index (χ4n) is 2.48. The Hall–Kier alpha value is -1.55. The Kier molecular flexibility index (Phi) is 6.46. The first-order valence-corrected chi connectivity index (χ1v) is 8.67. The molecule has 0 heterocycles. The lowest BCUT2D eigenvalue weighted by atomic mass is 10.1. The molecule has 0 atom stereocenters. The minimum atomic E-state index is 0.112. The zero-order chi connectivity index (χ0) is 16.8. The molecule has 5 heteroatoms. The Labute approximate surface area is 143 Å². The van der Waals surface area contributed by atoms with Crippen molar-refractivity contribution in [3.8, 4) is 0 Å². The zero-order valence-corrected chi connectivity index (χ0v) is 14.6. The van der Waals surface area contributed by atoms with Gasteiger partial charge in [0, 0.05) is 36.5 Å². The molecule has 1 saturated carbocycles. The summed E-state index contributed by atoms with van der Waals surface area (Å²) in [5.41, 5.74) is 1.03. The minimum Gasteiger partial charge on any atom is -0.356 e. The van der Waals surface area contributed by atoms with Gasteiger partial charge >= 0.3 is 0 Å². The van der Waals surface area contributed by atoms with Crippen molar-refractivity contribution in [1.29, 1.82) is 0 Å². The number of halogens is 1. The molecule has 1 aromatic carbocycles. The molecule has 0 saturated heterocycles. The van der Waals surface area contributed by atoms with Crippen molar-refractivity contribution in [2.24, 2.45) is 5.92 Å². The molecule has 0 unspecified atom stereocenters.